The Kier molecular flexibility index (Phi) is 3.44. The Bertz CT molecular complexity index is 593. The van der Waals surface area contributed by atoms with E-state index in [1.54, 1.807) is 7.11 Å². The Morgan fingerprint density at radius 1 is 1.45 bits per heavy atom. The van der Waals surface area contributed by atoms with Crippen molar-refractivity contribution in [1.82, 2.24) is 14.5 Å². The number of halogens is 3. The molecule has 2 aliphatic rings. The van der Waals surface area contributed by atoms with Gasteiger partial charge in [-0.05, 0) is 0 Å². The maximum absolute atomic E-state index is 12.7. The summed E-state index contributed by atoms with van der Waals surface area (Å²) in [6, 6.07) is 0. The number of carbonyl (C=O) groups excluding carboxylic acids is 1. The maximum atomic E-state index is 12.7. The summed E-state index contributed by atoms with van der Waals surface area (Å²) in [5.74, 6) is -0.0123. The van der Waals surface area contributed by atoms with E-state index in [1.807, 2.05) is 0 Å². The monoisotopic (exact) mass is 318 g/mol. The smallest absolute Gasteiger partial charge is 0.381 e. The van der Waals surface area contributed by atoms with Crippen LogP contribution in [0.25, 0.3) is 0 Å². The molecule has 1 aliphatic carbocycles. The predicted molar refractivity (Wildman–Crippen MR) is 69.6 cm³/mol. The van der Waals surface area contributed by atoms with Crippen LogP contribution in [0.15, 0.2) is 6.20 Å². The highest BCUT2D eigenvalue weighted by Gasteiger charge is 2.49. The third-order valence-corrected chi connectivity index (χ3v) is 4.32. The maximum Gasteiger partial charge on any atom is 0.434 e. The molecule has 2 N–H and O–H groups in total. The largest absolute Gasteiger partial charge is 0.434 e. The second-order valence-electron chi connectivity index (χ2n) is 5.88. The zero-order valence-electron chi connectivity index (χ0n) is 12.1. The van der Waals surface area contributed by atoms with Gasteiger partial charge in [-0.15, -0.1) is 0 Å². The average molecular weight is 318 g/mol. The predicted octanol–water partition coefficient (Wildman–Crippen LogP) is 0.750. The number of nitrogens with zero attached hydrogens (tertiary/aromatic N) is 3. The first-order chi connectivity index (χ1) is 10.2. The van der Waals surface area contributed by atoms with E-state index in [4.69, 9.17) is 10.5 Å². The molecule has 22 heavy (non-hydrogen) atoms. The van der Waals surface area contributed by atoms with Crippen LogP contribution in [0, 0.1) is 0 Å². The molecule has 0 radical (unpaired) electrons. The van der Waals surface area contributed by atoms with Gasteiger partial charge in [0.2, 0.25) is 5.91 Å². The molecule has 1 aliphatic heterocycles. The van der Waals surface area contributed by atoms with Gasteiger partial charge < -0.3 is 19.9 Å². The van der Waals surface area contributed by atoms with E-state index in [0.29, 0.717) is 19.4 Å². The SMILES string of the molecule is COC1CC(N)(C(=O)N2CCn3cc(C(F)(F)F)nc3C2)C1. The number of amides is 1. The number of nitrogens with two attached hydrogens (primary N) is 1. The molecule has 122 valence electrons. The molecule has 1 saturated carbocycles. The van der Waals surface area contributed by atoms with Crippen molar-refractivity contribution in [3.05, 3.63) is 17.7 Å². The van der Waals surface area contributed by atoms with Crippen LogP contribution in [0.5, 0.6) is 0 Å². The van der Waals surface area contributed by atoms with Gasteiger partial charge in [0.15, 0.2) is 5.69 Å². The fraction of sp³-hybridized carbons (Fsp3) is 0.692. The van der Waals surface area contributed by atoms with Crippen LogP contribution in [0.1, 0.15) is 24.4 Å². The molecule has 9 heteroatoms. The Hall–Kier alpha value is -1.61. The highest BCUT2D eigenvalue weighted by atomic mass is 19.4. The van der Waals surface area contributed by atoms with Gasteiger partial charge in [0.05, 0.1) is 12.6 Å². The first kappa shape index (κ1) is 15.3. The lowest BCUT2D eigenvalue weighted by Crippen LogP contribution is -2.65. The molecule has 1 aromatic rings. The van der Waals surface area contributed by atoms with E-state index in [9.17, 15) is 18.0 Å². The first-order valence-corrected chi connectivity index (χ1v) is 6.97. The van der Waals surface area contributed by atoms with E-state index in [0.717, 1.165) is 6.20 Å². The van der Waals surface area contributed by atoms with Crippen molar-refractivity contribution >= 4 is 5.91 Å². The van der Waals surface area contributed by atoms with Crippen LogP contribution in [0.4, 0.5) is 13.2 Å². The van der Waals surface area contributed by atoms with Crippen molar-refractivity contribution in [1.29, 1.82) is 0 Å². The van der Waals surface area contributed by atoms with E-state index in [2.05, 4.69) is 4.98 Å². The number of imidazole rings is 1. The van der Waals surface area contributed by atoms with Crippen molar-refractivity contribution in [2.75, 3.05) is 13.7 Å². The second kappa shape index (κ2) is 4.95. The molecule has 0 spiro atoms. The number of carbonyl (C=O) groups is 1. The van der Waals surface area contributed by atoms with Gasteiger partial charge >= 0.3 is 6.18 Å². The lowest BCUT2D eigenvalue weighted by molar-refractivity contribution is -0.148. The third kappa shape index (κ3) is 2.48. The Balaban J connectivity index is 1.72. The summed E-state index contributed by atoms with van der Waals surface area (Å²) in [7, 11) is 1.56. The molecule has 0 aromatic carbocycles. The number of fused-ring (bicyclic) bond motifs is 1. The summed E-state index contributed by atoms with van der Waals surface area (Å²) in [6.07, 6.45) is -2.66. The van der Waals surface area contributed by atoms with Crippen molar-refractivity contribution in [2.45, 2.75) is 43.8 Å². The van der Waals surface area contributed by atoms with E-state index >= 15 is 0 Å². The topological polar surface area (TPSA) is 73.4 Å². The summed E-state index contributed by atoms with van der Waals surface area (Å²) >= 11 is 0. The van der Waals surface area contributed by atoms with E-state index < -0.39 is 17.4 Å². The standard InChI is InChI=1S/C13H17F3N4O2/c1-22-8-4-12(17,5-8)11(21)20-3-2-19-6-9(13(14,15)16)18-10(19)7-20/h6,8H,2-5,7,17H2,1H3. The molecule has 0 bridgehead atoms. The normalized spacial score (nSPS) is 28.2. The summed E-state index contributed by atoms with van der Waals surface area (Å²) in [5, 5.41) is 0. The minimum absolute atomic E-state index is 0.0300. The van der Waals surface area contributed by atoms with Crippen molar-refractivity contribution in [2.24, 2.45) is 5.73 Å². The van der Waals surface area contributed by atoms with Gasteiger partial charge in [-0.1, -0.05) is 0 Å². The Morgan fingerprint density at radius 3 is 2.73 bits per heavy atom. The number of ether oxygens (including phenoxy) is 1. The molecule has 3 rings (SSSR count). The minimum atomic E-state index is -4.48. The number of aromatic nitrogens is 2. The summed E-state index contributed by atoms with van der Waals surface area (Å²) < 4.78 is 44.6. The van der Waals surface area contributed by atoms with E-state index in [-0.39, 0.29) is 30.9 Å². The minimum Gasteiger partial charge on any atom is -0.381 e. The van der Waals surface area contributed by atoms with Gasteiger partial charge in [-0.3, -0.25) is 4.79 Å². The van der Waals surface area contributed by atoms with Crippen molar-refractivity contribution in [3.63, 3.8) is 0 Å². The van der Waals surface area contributed by atoms with Gasteiger partial charge in [0, 0.05) is 39.2 Å². The lowest BCUT2D eigenvalue weighted by atomic mass is 9.74. The highest BCUT2D eigenvalue weighted by molar-refractivity contribution is 5.87. The number of methoxy groups -OCH3 is 1. The van der Waals surface area contributed by atoms with Gasteiger partial charge in [0.1, 0.15) is 11.4 Å². The molecule has 2 heterocycles. The van der Waals surface area contributed by atoms with Crippen molar-refractivity contribution < 1.29 is 22.7 Å². The number of hydrogen-bond acceptors (Lipinski definition) is 4. The number of hydrogen-bond donors (Lipinski definition) is 1. The van der Waals surface area contributed by atoms with Gasteiger partial charge in [-0.2, -0.15) is 13.2 Å². The second-order valence-corrected chi connectivity index (χ2v) is 5.88. The Morgan fingerprint density at radius 2 is 2.14 bits per heavy atom. The summed E-state index contributed by atoms with van der Waals surface area (Å²) in [5.41, 5.74) is 4.16. The van der Waals surface area contributed by atoms with E-state index in [1.165, 1.54) is 9.47 Å². The fourth-order valence-electron chi connectivity index (χ4n) is 2.97. The van der Waals surface area contributed by atoms with Crippen LogP contribution in [0.2, 0.25) is 0 Å². The molecule has 0 saturated heterocycles. The summed E-state index contributed by atoms with van der Waals surface area (Å²) in [6.45, 7) is 0.662. The zero-order chi connectivity index (χ0) is 16.1. The van der Waals surface area contributed by atoms with Crippen LogP contribution < -0.4 is 5.73 Å². The van der Waals surface area contributed by atoms with Crippen LogP contribution in [0.3, 0.4) is 0 Å². The van der Waals surface area contributed by atoms with Crippen molar-refractivity contribution in [3.8, 4) is 0 Å². The van der Waals surface area contributed by atoms with Gasteiger partial charge in [0.25, 0.3) is 0 Å². The quantitative estimate of drug-likeness (QED) is 0.873. The Labute approximate surface area is 125 Å². The molecule has 0 atom stereocenters. The highest BCUT2D eigenvalue weighted by Crippen LogP contribution is 2.35. The molecule has 1 aromatic heterocycles. The third-order valence-electron chi connectivity index (χ3n) is 4.32. The van der Waals surface area contributed by atoms with Crippen LogP contribution >= 0.6 is 0 Å². The van der Waals surface area contributed by atoms with Crippen LogP contribution in [-0.4, -0.2) is 45.7 Å². The van der Waals surface area contributed by atoms with Gasteiger partial charge in [-0.25, -0.2) is 4.98 Å². The summed E-state index contributed by atoms with van der Waals surface area (Å²) in [4.78, 5) is 17.5. The molecule has 1 amide bonds. The molecule has 0 unspecified atom stereocenters. The molecular formula is C13H17F3N4O2. The molecular weight excluding hydrogens is 301 g/mol. The molecule has 6 nitrogen and oxygen atoms in total. The number of alkyl halides is 3. The van der Waals surface area contributed by atoms with Crippen LogP contribution in [-0.2, 0) is 28.8 Å². The zero-order valence-corrected chi connectivity index (χ0v) is 12.1. The molecule has 1 fully saturated rings. The average Bonchev–Trinajstić information content (AvgIpc) is 2.85. The fourth-order valence-corrected chi connectivity index (χ4v) is 2.97. The number of rotatable bonds is 2. The lowest BCUT2D eigenvalue weighted by Gasteiger charge is -2.45. The first-order valence-electron chi connectivity index (χ1n) is 6.97.